The van der Waals surface area contributed by atoms with Gasteiger partial charge in [-0.15, -0.1) is 0 Å². The summed E-state index contributed by atoms with van der Waals surface area (Å²) in [5, 5.41) is 0.185. The van der Waals surface area contributed by atoms with E-state index in [0.717, 1.165) is 5.56 Å². The molecule has 0 aliphatic rings. The molecule has 0 N–H and O–H groups in total. The summed E-state index contributed by atoms with van der Waals surface area (Å²) in [5.41, 5.74) is 1.35. The van der Waals surface area contributed by atoms with Crippen LogP contribution in [0.3, 0.4) is 0 Å². The van der Waals surface area contributed by atoms with E-state index in [1.54, 1.807) is 36.4 Å². The van der Waals surface area contributed by atoms with Crippen LogP contribution in [-0.2, 0) is 9.84 Å². The standard InChI is InChI=1S/C20H20N2O3S2/c1-4-26-20-21-18(27(24,25)17-12-10-14(2)11-13-17)15(3)19(23)22(20)16-8-6-5-7-9-16/h5-13H,4H2,1-3H3. The molecule has 0 aliphatic heterocycles. The number of nitrogens with zero attached hydrogens (tertiary/aromatic N) is 2. The van der Waals surface area contributed by atoms with E-state index in [9.17, 15) is 13.2 Å². The molecule has 5 nitrogen and oxygen atoms in total. The van der Waals surface area contributed by atoms with Crippen molar-refractivity contribution in [1.29, 1.82) is 0 Å². The van der Waals surface area contributed by atoms with E-state index in [4.69, 9.17) is 0 Å². The Bertz CT molecular complexity index is 1120. The van der Waals surface area contributed by atoms with Gasteiger partial charge in [-0.25, -0.2) is 13.4 Å². The molecule has 3 aromatic rings. The minimum Gasteiger partial charge on any atom is -0.269 e. The number of aromatic nitrogens is 2. The maximum Gasteiger partial charge on any atom is 0.262 e. The normalized spacial score (nSPS) is 11.5. The SMILES string of the molecule is CCSc1nc(S(=O)(=O)c2ccc(C)cc2)c(C)c(=O)n1-c1ccccc1. The first-order valence-electron chi connectivity index (χ1n) is 8.50. The quantitative estimate of drug-likeness (QED) is 0.370. The molecule has 1 heterocycles. The molecule has 0 amide bonds. The Morgan fingerprint density at radius 3 is 2.22 bits per heavy atom. The molecule has 0 fully saturated rings. The molecule has 1 aromatic heterocycles. The van der Waals surface area contributed by atoms with Gasteiger partial charge in [0.15, 0.2) is 10.2 Å². The lowest BCUT2D eigenvalue weighted by molar-refractivity contribution is 0.585. The largest absolute Gasteiger partial charge is 0.269 e. The minimum absolute atomic E-state index is 0.111. The van der Waals surface area contributed by atoms with Crippen molar-refractivity contribution in [3.05, 3.63) is 76.1 Å². The van der Waals surface area contributed by atoms with Gasteiger partial charge in [-0.2, -0.15) is 0 Å². The lowest BCUT2D eigenvalue weighted by Crippen LogP contribution is -2.27. The van der Waals surface area contributed by atoms with Crippen LogP contribution in [-0.4, -0.2) is 23.7 Å². The fourth-order valence-electron chi connectivity index (χ4n) is 2.69. The monoisotopic (exact) mass is 400 g/mol. The van der Waals surface area contributed by atoms with Crippen LogP contribution in [0.1, 0.15) is 18.1 Å². The second-order valence-corrected chi connectivity index (χ2v) is 9.15. The van der Waals surface area contributed by atoms with Gasteiger partial charge < -0.3 is 0 Å². The van der Waals surface area contributed by atoms with Crippen LogP contribution in [0.2, 0.25) is 0 Å². The van der Waals surface area contributed by atoms with Gasteiger partial charge in [-0.1, -0.05) is 54.6 Å². The Kier molecular flexibility index (Phi) is 5.53. The number of aryl methyl sites for hydroxylation is 1. The van der Waals surface area contributed by atoms with Crippen molar-refractivity contribution in [3.8, 4) is 5.69 Å². The Hall–Kier alpha value is -2.38. The molecule has 0 unspecified atom stereocenters. The van der Waals surface area contributed by atoms with Crippen LogP contribution in [0.25, 0.3) is 5.69 Å². The number of thioether (sulfide) groups is 1. The third kappa shape index (κ3) is 3.70. The van der Waals surface area contributed by atoms with Crippen LogP contribution in [0.4, 0.5) is 0 Å². The number of hydrogen-bond acceptors (Lipinski definition) is 5. The molecule has 0 saturated heterocycles. The molecule has 140 valence electrons. The van der Waals surface area contributed by atoms with E-state index in [-0.39, 0.29) is 21.0 Å². The van der Waals surface area contributed by atoms with Gasteiger partial charge in [0.2, 0.25) is 9.84 Å². The second-order valence-electron chi connectivity index (χ2n) is 6.05. The van der Waals surface area contributed by atoms with Crippen molar-refractivity contribution in [2.75, 3.05) is 5.75 Å². The molecule has 0 bridgehead atoms. The number of benzene rings is 2. The Morgan fingerprint density at radius 1 is 1.00 bits per heavy atom. The lowest BCUT2D eigenvalue weighted by atomic mass is 10.2. The maximum absolute atomic E-state index is 13.1. The van der Waals surface area contributed by atoms with E-state index < -0.39 is 9.84 Å². The average Bonchev–Trinajstić information content (AvgIpc) is 2.66. The first kappa shape index (κ1) is 19.4. The predicted molar refractivity (Wildman–Crippen MR) is 108 cm³/mol. The van der Waals surface area contributed by atoms with Crippen molar-refractivity contribution in [3.63, 3.8) is 0 Å². The number of sulfone groups is 1. The molecule has 0 atom stereocenters. The maximum atomic E-state index is 13.1. The third-order valence-corrected chi connectivity index (χ3v) is 6.73. The number of para-hydroxylation sites is 1. The summed E-state index contributed by atoms with van der Waals surface area (Å²) < 4.78 is 27.7. The van der Waals surface area contributed by atoms with Crippen LogP contribution >= 0.6 is 11.8 Å². The zero-order valence-electron chi connectivity index (χ0n) is 15.3. The smallest absolute Gasteiger partial charge is 0.262 e. The Balaban J connectivity index is 2.27. The highest BCUT2D eigenvalue weighted by atomic mass is 32.2. The molecule has 27 heavy (non-hydrogen) atoms. The molecule has 0 spiro atoms. The molecule has 0 saturated carbocycles. The zero-order chi connectivity index (χ0) is 19.6. The van der Waals surface area contributed by atoms with Gasteiger partial charge in [0.05, 0.1) is 16.1 Å². The zero-order valence-corrected chi connectivity index (χ0v) is 17.0. The first-order chi connectivity index (χ1) is 12.9. The second kappa shape index (κ2) is 7.70. The fourth-order valence-corrected chi connectivity index (χ4v) is 4.89. The highest BCUT2D eigenvalue weighted by Gasteiger charge is 2.26. The van der Waals surface area contributed by atoms with Crippen molar-refractivity contribution >= 4 is 21.6 Å². The van der Waals surface area contributed by atoms with Crippen molar-refractivity contribution in [2.45, 2.75) is 35.8 Å². The summed E-state index contributed by atoms with van der Waals surface area (Å²) >= 11 is 1.33. The summed E-state index contributed by atoms with van der Waals surface area (Å²) in [5.74, 6) is 0.659. The van der Waals surface area contributed by atoms with E-state index in [1.165, 1.54) is 23.3 Å². The topological polar surface area (TPSA) is 69.0 Å². The van der Waals surface area contributed by atoms with Gasteiger partial charge in [0.25, 0.3) is 5.56 Å². The first-order valence-corrected chi connectivity index (χ1v) is 11.0. The summed E-state index contributed by atoms with van der Waals surface area (Å²) in [7, 11) is -3.89. The summed E-state index contributed by atoms with van der Waals surface area (Å²) in [6.07, 6.45) is 0. The molecular weight excluding hydrogens is 380 g/mol. The molecule has 3 rings (SSSR count). The van der Waals surface area contributed by atoms with Crippen molar-refractivity contribution in [2.24, 2.45) is 0 Å². The lowest BCUT2D eigenvalue weighted by Gasteiger charge is -2.15. The summed E-state index contributed by atoms with van der Waals surface area (Å²) in [6, 6.07) is 15.7. The van der Waals surface area contributed by atoms with Gasteiger partial charge >= 0.3 is 0 Å². The van der Waals surface area contributed by atoms with Crippen LogP contribution < -0.4 is 5.56 Å². The Labute approximate surface area is 163 Å². The molecule has 0 aliphatic carbocycles. The summed E-state index contributed by atoms with van der Waals surface area (Å²) in [6.45, 7) is 5.33. The average molecular weight is 401 g/mol. The van der Waals surface area contributed by atoms with Gasteiger partial charge in [-0.05, 0) is 43.9 Å². The van der Waals surface area contributed by atoms with Gasteiger partial charge in [0, 0.05) is 0 Å². The van der Waals surface area contributed by atoms with E-state index in [0.29, 0.717) is 16.6 Å². The Morgan fingerprint density at radius 2 is 1.63 bits per heavy atom. The van der Waals surface area contributed by atoms with E-state index >= 15 is 0 Å². The van der Waals surface area contributed by atoms with Crippen molar-refractivity contribution < 1.29 is 8.42 Å². The fraction of sp³-hybridized carbons (Fsp3) is 0.200. The minimum atomic E-state index is -3.89. The molecule has 0 radical (unpaired) electrons. The third-order valence-electron chi connectivity index (χ3n) is 4.11. The number of rotatable bonds is 5. The van der Waals surface area contributed by atoms with Gasteiger partial charge in [0.1, 0.15) is 0 Å². The highest BCUT2D eigenvalue weighted by Crippen LogP contribution is 2.25. The van der Waals surface area contributed by atoms with Crippen molar-refractivity contribution in [1.82, 2.24) is 9.55 Å². The molecule has 7 heteroatoms. The molecular formula is C20H20N2O3S2. The van der Waals surface area contributed by atoms with Crippen LogP contribution in [0.15, 0.2) is 74.5 Å². The van der Waals surface area contributed by atoms with Gasteiger partial charge in [-0.3, -0.25) is 9.36 Å². The predicted octanol–water partition coefficient (Wildman–Crippen LogP) is 3.79. The molecule has 2 aromatic carbocycles. The van der Waals surface area contributed by atoms with E-state index in [1.807, 2.05) is 32.0 Å². The number of hydrogen-bond donors (Lipinski definition) is 0. The summed E-state index contributed by atoms with van der Waals surface area (Å²) in [4.78, 5) is 17.6. The van der Waals surface area contributed by atoms with Crippen LogP contribution in [0.5, 0.6) is 0 Å². The highest BCUT2D eigenvalue weighted by molar-refractivity contribution is 7.99. The van der Waals surface area contributed by atoms with E-state index in [2.05, 4.69) is 4.98 Å². The van der Waals surface area contributed by atoms with Crippen LogP contribution in [0, 0.1) is 13.8 Å².